The van der Waals surface area contributed by atoms with Gasteiger partial charge < -0.3 is 30.0 Å². The number of allylic oxidation sites excluding steroid dienone is 4. The number of carbonyl (C=O) groups excluding carboxylic acids is 4. The summed E-state index contributed by atoms with van der Waals surface area (Å²) in [5.74, 6) is -5.20. The second kappa shape index (κ2) is 9.71. The number of aliphatic carboxylic acids is 1. The molecule has 4 rings (SSSR count). The third kappa shape index (κ3) is 3.96. The molecule has 0 radical (unpaired) electrons. The van der Waals surface area contributed by atoms with E-state index in [1.54, 1.807) is 6.92 Å². The molecular formula is C25H30FNaO9. The number of ether oxygens (including phenoxy) is 1. The van der Waals surface area contributed by atoms with Gasteiger partial charge in [-0.05, 0) is 57.1 Å². The van der Waals surface area contributed by atoms with Gasteiger partial charge in [0, 0.05) is 22.7 Å². The van der Waals surface area contributed by atoms with E-state index in [0.29, 0.717) is 12.0 Å². The van der Waals surface area contributed by atoms with Gasteiger partial charge in [0.05, 0.1) is 18.6 Å². The molecule has 0 aromatic heterocycles. The SMILES string of the molecule is C[C@]12C=CC(=O)C=C1CC[C@H]1[C@@H]3C[C@@H](O)[C@](O)(C(=O)COC(=O)CCC(=O)[O-])[C@@]3(C)C[C@H](O)[C@@]12F.[Na+]. The van der Waals surface area contributed by atoms with Gasteiger partial charge in [-0.2, -0.15) is 0 Å². The van der Waals surface area contributed by atoms with E-state index in [0.717, 1.165) is 0 Å². The van der Waals surface area contributed by atoms with E-state index in [-0.39, 0.29) is 54.6 Å². The van der Waals surface area contributed by atoms with Crippen LogP contribution in [0.5, 0.6) is 0 Å². The fraction of sp³-hybridized carbons (Fsp3) is 0.680. The summed E-state index contributed by atoms with van der Waals surface area (Å²) in [5.41, 5.74) is -6.70. The fourth-order valence-corrected chi connectivity index (χ4v) is 7.26. The van der Waals surface area contributed by atoms with Crippen LogP contribution < -0.4 is 34.7 Å². The molecule has 0 saturated heterocycles. The van der Waals surface area contributed by atoms with E-state index in [9.17, 15) is 39.6 Å². The standard InChI is InChI=1S/C25H31FO9.Na/c1-22-8-7-14(27)9-13(22)3-4-15-16-10-17(28)25(34,23(16,2)11-18(29)24(15,22)26)19(30)12-35-21(33)6-5-20(31)32;/h7-9,15-18,28-29,34H,3-6,10-12H2,1-2H3,(H,31,32);/q;+1/p-1/t15-,16-,17+,18-,22-,23-,24-,25-;/m0./s1. The zero-order valence-corrected chi connectivity index (χ0v) is 22.7. The van der Waals surface area contributed by atoms with Gasteiger partial charge in [0.1, 0.15) is 0 Å². The Kier molecular flexibility index (Phi) is 7.85. The first-order valence-corrected chi connectivity index (χ1v) is 11.8. The molecule has 4 aliphatic rings. The van der Waals surface area contributed by atoms with Crippen molar-refractivity contribution < 1.29 is 78.3 Å². The molecule has 0 unspecified atom stereocenters. The maximum Gasteiger partial charge on any atom is 1.00 e. The van der Waals surface area contributed by atoms with Crippen LogP contribution in [0.2, 0.25) is 0 Å². The Morgan fingerprint density at radius 1 is 1.17 bits per heavy atom. The average Bonchev–Trinajstić information content (AvgIpc) is 2.99. The zero-order valence-electron chi connectivity index (χ0n) is 20.7. The number of hydrogen-bond acceptors (Lipinski definition) is 9. The summed E-state index contributed by atoms with van der Waals surface area (Å²) in [6, 6.07) is 0. The van der Waals surface area contributed by atoms with Crippen molar-refractivity contribution in [2.75, 3.05) is 6.61 Å². The predicted molar refractivity (Wildman–Crippen MR) is 115 cm³/mol. The van der Waals surface area contributed by atoms with Crippen LogP contribution in [0.4, 0.5) is 4.39 Å². The van der Waals surface area contributed by atoms with Crippen molar-refractivity contribution in [3.63, 3.8) is 0 Å². The number of halogens is 1. The van der Waals surface area contributed by atoms with E-state index in [1.165, 1.54) is 25.2 Å². The van der Waals surface area contributed by atoms with Gasteiger partial charge in [0.25, 0.3) is 0 Å². The minimum absolute atomic E-state index is 0. The molecule has 0 spiro atoms. The van der Waals surface area contributed by atoms with E-state index in [1.807, 2.05) is 0 Å². The van der Waals surface area contributed by atoms with Gasteiger partial charge in [-0.1, -0.05) is 18.6 Å². The molecule has 0 amide bonds. The molecule has 9 nitrogen and oxygen atoms in total. The number of esters is 1. The number of aliphatic hydroxyl groups is 3. The molecular weight excluding hydrogens is 486 g/mol. The molecule has 0 bridgehead atoms. The van der Waals surface area contributed by atoms with Crippen LogP contribution in [-0.2, 0) is 23.9 Å². The number of hydrogen-bond donors (Lipinski definition) is 3. The van der Waals surface area contributed by atoms with Crippen molar-refractivity contribution in [1.82, 2.24) is 0 Å². The number of rotatable bonds is 6. The predicted octanol–water partition coefficient (Wildman–Crippen LogP) is -3.29. The minimum Gasteiger partial charge on any atom is -0.550 e. The molecule has 0 heterocycles. The van der Waals surface area contributed by atoms with Gasteiger partial charge >= 0.3 is 35.5 Å². The summed E-state index contributed by atoms with van der Waals surface area (Å²) in [7, 11) is 0. The van der Waals surface area contributed by atoms with Gasteiger partial charge in [0.15, 0.2) is 23.7 Å². The molecule has 4 aliphatic carbocycles. The maximum atomic E-state index is 17.0. The number of carboxylic acids is 1. The monoisotopic (exact) mass is 516 g/mol. The van der Waals surface area contributed by atoms with Crippen molar-refractivity contribution in [2.24, 2.45) is 22.7 Å². The first-order chi connectivity index (χ1) is 16.2. The number of alkyl halides is 1. The first-order valence-electron chi connectivity index (χ1n) is 11.8. The van der Waals surface area contributed by atoms with Crippen LogP contribution in [0.1, 0.15) is 52.4 Å². The number of carboxylic acid groups (broad SMARTS) is 1. The second-order valence-electron chi connectivity index (χ2n) is 10.7. The van der Waals surface area contributed by atoms with Gasteiger partial charge in [-0.3, -0.25) is 14.4 Å². The average molecular weight is 516 g/mol. The van der Waals surface area contributed by atoms with Crippen LogP contribution in [0, 0.1) is 22.7 Å². The molecule has 0 aromatic rings. The summed E-state index contributed by atoms with van der Waals surface area (Å²) in [6.07, 6.45) is 0.0513. The topological polar surface area (TPSA) is 161 Å². The van der Waals surface area contributed by atoms with Gasteiger partial charge in [-0.25, -0.2) is 4.39 Å². The van der Waals surface area contributed by atoms with E-state index in [2.05, 4.69) is 0 Å². The van der Waals surface area contributed by atoms with E-state index < -0.39 is 83.3 Å². The first kappa shape index (κ1) is 29.1. The molecule has 3 fully saturated rings. The summed E-state index contributed by atoms with van der Waals surface area (Å²) in [4.78, 5) is 47.3. The zero-order chi connectivity index (χ0) is 26.0. The molecule has 8 atom stereocenters. The number of fused-ring (bicyclic) bond motifs is 5. The van der Waals surface area contributed by atoms with E-state index in [4.69, 9.17) is 4.74 Å². The van der Waals surface area contributed by atoms with Crippen molar-refractivity contribution in [1.29, 1.82) is 0 Å². The Hall–Kier alpha value is -1.43. The van der Waals surface area contributed by atoms with Crippen molar-refractivity contribution in [2.45, 2.75) is 75.9 Å². The normalized spacial score (nSPS) is 42.8. The maximum absolute atomic E-state index is 17.0. The molecule has 3 N–H and O–H groups in total. The Labute approximate surface area is 230 Å². The van der Waals surface area contributed by atoms with E-state index >= 15 is 4.39 Å². The third-order valence-electron chi connectivity index (χ3n) is 9.18. The van der Waals surface area contributed by atoms with Crippen molar-refractivity contribution in [3.8, 4) is 0 Å². The Morgan fingerprint density at radius 3 is 2.47 bits per heavy atom. The number of aliphatic hydroxyl groups excluding tert-OH is 2. The number of carbonyl (C=O) groups is 4. The Bertz CT molecular complexity index is 1040. The third-order valence-corrected chi connectivity index (χ3v) is 9.18. The van der Waals surface area contributed by atoms with Gasteiger partial charge in [0.2, 0.25) is 5.78 Å². The Morgan fingerprint density at radius 2 is 1.83 bits per heavy atom. The number of ketones is 2. The number of Topliss-reactive ketones (excluding diaryl/α,β-unsaturated/α-hetero) is 1. The van der Waals surface area contributed by atoms with Crippen LogP contribution in [0.3, 0.4) is 0 Å². The van der Waals surface area contributed by atoms with Crippen LogP contribution >= 0.6 is 0 Å². The summed E-state index contributed by atoms with van der Waals surface area (Å²) < 4.78 is 21.8. The smallest absolute Gasteiger partial charge is 0.550 e. The minimum atomic E-state index is -2.41. The molecule has 36 heavy (non-hydrogen) atoms. The Balaban J connectivity index is 0.00000361. The summed E-state index contributed by atoms with van der Waals surface area (Å²) >= 11 is 0. The van der Waals surface area contributed by atoms with Gasteiger partial charge in [-0.15, -0.1) is 0 Å². The second-order valence-corrected chi connectivity index (χ2v) is 10.7. The van der Waals surface area contributed by atoms with Crippen LogP contribution in [0.15, 0.2) is 23.8 Å². The molecule has 3 saturated carbocycles. The summed E-state index contributed by atoms with van der Waals surface area (Å²) in [6.45, 7) is 2.26. The van der Waals surface area contributed by atoms with Crippen molar-refractivity contribution >= 4 is 23.5 Å². The fourth-order valence-electron chi connectivity index (χ4n) is 7.26. The van der Waals surface area contributed by atoms with Crippen LogP contribution in [-0.4, -0.2) is 68.9 Å². The quantitative estimate of drug-likeness (QED) is 0.243. The molecule has 0 aliphatic heterocycles. The molecule has 11 heteroatoms. The summed E-state index contributed by atoms with van der Waals surface area (Å²) in [5, 5.41) is 44.1. The van der Waals surface area contributed by atoms with Crippen molar-refractivity contribution in [3.05, 3.63) is 23.8 Å². The molecule has 0 aromatic carbocycles. The molecule has 192 valence electrons. The van der Waals surface area contributed by atoms with Crippen LogP contribution in [0.25, 0.3) is 0 Å². The largest absolute Gasteiger partial charge is 1.00 e.